The molecule has 0 bridgehead atoms. The standard InChI is InChI=1S/C9H11ClN2/c10-7-5-9(11)12-8-4-2-1-3-6(7)8/h5H,1-4H2,(H2,11,12). The number of anilines is 1. The van der Waals surface area contributed by atoms with E-state index in [2.05, 4.69) is 4.98 Å². The van der Waals surface area contributed by atoms with E-state index in [1.807, 2.05) is 0 Å². The maximum Gasteiger partial charge on any atom is 0.125 e. The SMILES string of the molecule is Nc1cc(Cl)c2c(n1)CCCC2. The number of hydrogen-bond donors (Lipinski definition) is 1. The summed E-state index contributed by atoms with van der Waals surface area (Å²) in [6.07, 6.45) is 4.51. The summed E-state index contributed by atoms with van der Waals surface area (Å²) in [6, 6.07) is 1.74. The number of aromatic nitrogens is 1. The lowest BCUT2D eigenvalue weighted by Gasteiger charge is -2.15. The van der Waals surface area contributed by atoms with Gasteiger partial charge in [-0.3, -0.25) is 0 Å². The Balaban J connectivity index is 2.53. The molecule has 0 amide bonds. The van der Waals surface area contributed by atoms with Crippen LogP contribution in [0.5, 0.6) is 0 Å². The Morgan fingerprint density at radius 1 is 1.33 bits per heavy atom. The third-order valence-electron chi connectivity index (χ3n) is 2.27. The molecule has 0 spiro atoms. The molecule has 0 aliphatic heterocycles. The van der Waals surface area contributed by atoms with E-state index in [1.54, 1.807) is 6.07 Å². The number of fused-ring (bicyclic) bond motifs is 1. The van der Waals surface area contributed by atoms with Gasteiger partial charge < -0.3 is 5.73 Å². The van der Waals surface area contributed by atoms with Crippen molar-refractivity contribution in [2.75, 3.05) is 5.73 Å². The fourth-order valence-electron chi connectivity index (χ4n) is 1.68. The minimum Gasteiger partial charge on any atom is -0.384 e. The van der Waals surface area contributed by atoms with Crippen LogP contribution in [-0.4, -0.2) is 4.98 Å². The molecule has 1 aromatic rings. The molecule has 1 heterocycles. The monoisotopic (exact) mass is 182 g/mol. The number of nitrogen functional groups attached to an aromatic ring is 1. The molecule has 0 atom stereocenters. The molecule has 2 N–H and O–H groups in total. The van der Waals surface area contributed by atoms with Crippen molar-refractivity contribution >= 4 is 17.4 Å². The summed E-state index contributed by atoms with van der Waals surface area (Å²) >= 11 is 6.03. The second kappa shape index (κ2) is 2.94. The van der Waals surface area contributed by atoms with Crippen molar-refractivity contribution in [3.8, 4) is 0 Å². The summed E-state index contributed by atoms with van der Waals surface area (Å²) in [7, 11) is 0. The Hall–Kier alpha value is -0.760. The number of halogens is 1. The van der Waals surface area contributed by atoms with Crippen LogP contribution in [0.15, 0.2) is 6.07 Å². The van der Waals surface area contributed by atoms with Gasteiger partial charge in [-0.15, -0.1) is 0 Å². The number of pyridine rings is 1. The van der Waals surface area contributed by atoms with Crippen LogP contribution in [0, 0.1) is 0 Å². The molecule has 12 heavy (non-hydrogen) atoms. The molecule has 1 aromatic heterocycles. The lowest BCUT2D eigenvalue weighted by Crippen LogP contribution is -2.07. The van der Waals surface area contributed by atoms with Crippen molar-refractivity contribution in [1.29, 1.82) is 0 Å². The predicted octanol–water partition coefficient (Wildman–Crippen LogP) is 2.20. The summed E-state index contributed by atoms with van der Waals surface area (Å²) in [5.74, 6) is 0.542. The summed E-state index contributed by atoms with van der Waals surface area (Å²) in [5.41, 5.74) is 7.90. The zero-order valence-corrected chi connectivity index (χ0v) is 7.56. The van der Waals surface area contributed by atoms with Gasteiger partial charge >= 0.3 is 0 Å². The van der Waals surface area contributed by atoms with Gasteiger partial charge in [-0.25, -0.2) is 4.98 Å². The van der Waals surface area contributed by atoms with Crippen LogP contribution in [-0.2, 0) is 12.8 Å². The molecule has 0 fully saturated rings. The van der Waals surface area contributed by atoms with Gasteiger partial charge in [0, 0.05) is 10.7 Å². The zero-order chi connectivity index (χ0) is 8.55. The second-order valence-corrected chi connectivity index (χ2v) is 3.57. The van der Waals surface area contributed by atoms with Crippen LogP contribution >= 0.6 is 11.6 Å². The Morgan fingerprint density at radius 3 is 2.92 bits per heavy atom. The van der Waals surface area contributed by atoms with Crippen LogP contribution in [0.25, 0.3) is 0 Å². The van der Waals surface area contributed by atoms with E-state index >= 15 is 0 Å². The van der Waals surface area contributed by atoms with E-state index in [0.29, 0.717) is 5.82 Å². The average molecular weight is 183 g/mol. The third-order valence-corrected chi connectivity index (χ3v) is 2.60. The molecule has 0 aromatic carbocycles. The highest BCUT2D eigenvalue weighted by molar-refractivity contribution is 6.31. The minimum atomic E-state index is 0.542. The lowest BCUT2D eigenvalue weighted by atomic mass is 9.96. The van der Waals surface area contributed by atoms with Crippen molar-refractivity contribution in [1.82, 2.24) is 4.98 Å². The number of nitrogens with zero attached hydrogens (tertiary/aromatic N) is 1. The fourth-order valence-corrected chi connectivity index (χ4v) is 1.99. The molecule has 2 rings (SSSR count). The maximum atomic E-state index is 6.03. The largest absolute Gasteiger partial charge is 0.384 e. The topological polar surface area (TPSA) is 38.9 Å². The molecule has 1 aliphatic rings. The number of hydrogen-bond acceptors (Lipinski definition) is 2. The van der Waals surface area contributed by atoms with Crippen molar-refractivity contribution in [3.05, 3.63) is 22.3 Å². The molecule has 0 unspecified atom stereocenters. The molecule has 64 valence electrons. The summed E-state index contributed by atoms with van der Waals surface area (Å²) in [5, 5.41) is 0.789. The Bertz CT molecular complexity index is 310. The van der Waals surface area contributed by atoms with Gasteiger partial charge in [0.15, 0.2) is 0 Å². The highest BCUT2D eigenvalue weighted by Crippen LogP contribution is 2.27. The first-order valence-electron chi connectivity index (χ1n) is 4.21. The normalized spacial score (nSPS) is 15.8. The van der Waals surface area contributed by atoms with Crippen LogP contribution in [0.2, 0.25) is 5.02 Å². The van der Waals surface area contributed by atoms with Gasteiger partial charge in [0.2, 0.25) is 0 Å². The maximum absolute atomic E-state index is 6.03. The van der Waals surface area contributed by atoms with Crippen LogP contribution in [0.3, 0.4) is 0 Å². The molecular formula is C9H11ClN2. The molecular weight excluding hydrogens is 172 g/mol. The molecule has 1 aliphatic carbocycles. The Morgan fingerprint density at radius 2 is 2.08 bits per heavy atom. The Kier molecular flexibility index (Phi) is 1.93. The van der Waals surface area contributed by atoms with Crippen LogP contribution < -0.4 is 5.73 Å². The molecule has 0 saturated heterocycles. The van der Waals surface area contributed by atoms with Crippen molar-refractivity contribution in [2.45, 2.75) is 25.7 Å². The van der Waals surface area contributed by atoms with E-state index in [0.717, 1.165) is 23.6 Å². The van der Waals surface area contributed by atoms with Gasteiger partial charge in [0.05, 0.1) is 0 Å². The average Bonchev–Trinajstić information content (AvgIpc) is 2.04. The van der Waals surface area contributed by atoms with Gasteiger partial charge in [0.1, 0.15) is 5.82 Å². The van der Waals surface area contributed by atoms with Crippen LogP contribution in [0.4, 0.5) is 5.82 Å². The Labute approximate surface area is 76.7 Å². The third kappa shape index (κ3) is 1.27. The lowest BCUT2D eigenvalue weighted by molar-refractivity contribution is 0.669. The van der Waals surface area contributed by atoms with Gasteiger partial charge in [0.25, 0.3) is 0 Å². The van der Waals surface area contributed by atoms with Crippen molar-refractivity contribution < 1.29 is 0 Å². The zero-order valence-electron chi connectivity index (χ0n) is 6.81. The molecule has 0 saturated carbocycles. The quantitative estimate of drug-likeness (QED) is 0.668. The number of aryl methyl sites for hydroxylation is 1. The van der Waals surface area contributed by atoms with E-state index < -0.39 is 0 Å². The minimum absolute atomic E-state index is 0.542. The number of rotatable bonds is 0. The summed E-state index contributed by atoms with van der Waals surface area (Å²) in [4.78, 5) is 4.27. The highest BCUT2D eigenvalue weighted by atomic mass is 35.5. The first-order valence-corrected chi connectivity index (χ1v) is 4.59. The van der Waals surface area contributed by atoms with Gasteiger partial charge in [-0.2, -0.15) is 0 Å². The first kappa shape index (κ1) is 7.87. The molecule has 3 heteroatoms. The van der Waals surface area contributed by atoms with Gasteiger partial charge in [-0.1, -0.05) is 11.6 Å². The fraction of sp³-hybridized carbons (Fsp3) is 0.444. The van der Waals surface area contributed by atoms with E-state index in [9.17, 15) is 0 Å². The van der Waals surface area contributed by atoms with Crippen LogP contribution in [0.1, 0.15) is 24.1 Å². The summed E-state index contributed by atoms with van der Waals surface area (Å²) < 4.78 is 0. The summed E-state index contributed by atoms with van der Waals surface area (Å²) in [6.45, 7) is 0. The van der Waals surface area contributed by atoms with Gasteiger partial charge in [-0.05, 0) is 37.3 Å². The molecule has 0 radical (unpaired) electrons. The smallest absolute Gasteiger partial charge is 0.125 e. The van der Waals surface area contributed by atoms with Crippen molar-refractivity contribution in [3.63, 3.8) is 0 Å². The first-order chi connectivity index (χ1) is 5.77. The highest BCUT2D eigenvalue weighted by Gasteiger charge is 2.13. The number of nitrogens with two attached hydrogens (primary N) is 1. The predicted molar refractivity (Wildman–Crippen MR) is 50.3 cm³/mol. The van der Waals surface area contributed by atoms with E-state index in [-0.39, 0.29) is 0 Å². The van der Waals surface area contributed by atoms with E-state index in [4.69, 9.17) is 17.3 Å². The van der Waals surface area contributed by atoms with Crippen molar-refractivity contribution in [2.24, 2.45) is 0 Å². The molecule has 2 nitrogen and oxygen atoms in total. The van der Waals surface area contributed by atoms with E-state index in [1.165, 1.54) is 18.4 Å². The second-order valence-electron chi connectivity index (χ2n) is 3.16.